The molecule has 0 unspecified atom stereocenters. The number of nitrogens with zero attached hydrogens (tertiary/aromatic N) is 1. The van der Waals surface area contributed by atoms with Gasteiger partial charge in [0, 0.05) is 7.05 Å². The van der Waals surface area contributed by atoms with Crippen LogP contribution < -0.4 is 16.0 Å². The summed E-state index contributed by atoms with van der Waals surface area (Å²) in [6.07, 6.45) is 0. The van der Waals surface area contributed by atoms with E-state index in [9.17, 15) is 4.79 Å². The van der Waals surface area contributed by atoms with E-state index < -0.39 is 0 Å². The Balaban J connectivity index is 2.54. The Morgan fingerprint density at radius 1 is 1.21 bits per heavy atom. The Morgan fingerprint density at radius 3 is 2.37 bits per heavy atom. The van der Waals surface area contributed by atoms with Crippen molar-refractivity contribution in [3.05, 3.63) is 52.3 Å². The number of hydrogen-bond acceptors (Lipinski definition) is 3. The Kier molecular flexibility index (Phi) is 3.66. The maximum atomic E-state index is 12.1. The van der Waals surface area contributed by atoms with Gasteiger partial charge in [0.2, 0.25) is 0 Å². The summed E-state index contributed by atoms with van der Waals surface area (Å²) in [7, 11) is 3.31. The topological polar surface area (TPSA) is 57.2 Å². The number of hydrogen-bond donors (Lipinski definition) is 1. The molecule has 2 rings (SSSR count). The average molecular weight is 274 g/mol. The van der Waals surface area contributed by atoms with E-state index in [2.05, 4.69) is 0 Å². The van der Waals surface area contributed by atoms with Gasteiger partial charge in [-0.05, 0) is 42.0 Å². The summed E-state index contributed by atoms with van der Waals surface area (Å²) >= 11 is 4.85. The molecule has 0 saturated heterocycles. The number of rotatable bonds is 3. The van der Waals surface area contributed by atoms with Gasteiger partial charge >= 0.3 is 0 Å². The highest BCUT2D eigenvalue weighted by molar-refractivity contribution is 7.80. The zero-order valence-corrected chi connectivity index (χ0v) is 11.5. The molecule has 0 aliphatic heterocycles. The van der Waals surface area contributed by atoms with Crippen LogP contribution in [-0.4, -0.2) is 16.7 Å². The number of thiocarbonyl (C=S) groups is 1. The van der Waals surface area contributed by atoms with Crippen molar-refractivity contribution in [2.75, 3.05) is 7.11 Å². The minimum absolute atomic E-state index is 0.113. The second-order valence-corrected chi connectivity index (χ2v) is 4.53. The third kappa shape index (κ3) is 2.51. The highest BCUT2D eigenvalue weighted by atomic mass is 32.1. The van der Waals surface area contributed by atoms with Crippen molar-refractivity contribution in [3.63, 3.8) is 0 Å². The molecule has 0 radical (unpaired) electrons. The third-order valence-corrected chi connectivity index (χ3v) is 3.18. The van der Waals surface area contributed by atoms with Gasteiger partial charge in [0.05, 0.1) is 18.4 Å². The fraction of sp³-hybridized carbons (Fsp3) is 0.143. The lowest BCUT2D eigenvalue weighted by atomic mass is 10.1. The highest BCUT2D eigenvalue weighted by Crippen LogP contribution is 2.21. The maximum Gasteiger partial charge on any atom is 0.261 e. The van der Waals surface area contributed by atoms with E-state index in [-0.39, 0.29) is 10.5 Å². The second-order valence-electron chi connectivity index (χ2n) is 4.09. The van der Waals surface area contributed by atoms with Crippen LogP contribution in [0.4, 0.5) is 0 Å². The lowest BCUT2D eigenvalue weighted by Gasteiger charge is -2.10. The van der Waals surface area contributed by atoms with Crippen molar-refractivity contribution in [3.8, 4) is 17.0 Å². The summed E-state index contributed by atoms with van der Waals surface area (Å²) in [4.78, 5) is 12.2. The van der Waals surface area contributed by atoms with E-state index in [0.717, 1.165) is 17.0 Å². The van der Waals surface area contributed by atoms with Crippen molar-refractivity contribution in [1.82, 2.24) is 4.57 Å². The number of pyridine rings is 1. The van der Waals surface area contributed by atoms with Crippen molar-refractivity contribution in [1.29, 1.82) is 0 Å². The molecule has 0 fully saturated rings. The summed E-state index contributed by atoms with van der Waals surface area (Å²) in [5.41, 5.74) is 7.40. The number of benzene rings is 1. The van der Waals surface area contributed by atoms with Crippen molar-refractivity contribution in [2.45, 2.75) is 0 Å². The molecule has 2 N–H and O–H groups in total. The lowest BCUT2D eigenvalue weighted by molar-refractivity contribution is 0.415. The SMILES string of the molecule is COc1ccc(-c2ccc(C(N)=S)c(=O)n2C)cc1. The van der Waals surface area contributed by atoms with Crippen LogP contribution in [-0.2, 0) is 7.05 Å². The van der Waals surface area contributed by atoms with Crippen LogP contribution in [0, 0.1) is 0 Å². The van der Waals surface area contributed by atoms with E-state index in [1.807, 2.05) is 30.3 Å². The van der Waals surface area contributed by atoms with E-state index in [1.165, 1.54) is 4.57 Å². The van der Waals surface area contributed by atoms with Gasteiger partial charge in [-0.15, -0.1) is 0 Å². The molecule has 1 heterocycles. The highest BCUT2D eigenvalue weighted by Gasteiger charge is 2.09. The normalized spacial score (nSPS) is 10.2. The first-order valence-electron chi connectivity index (χ1n) is 5.69. The molecule has 0 atom stereocenters. The molecule has 1 aromatic carbocycles. The van der Waals surface area contributed by atoms with E-state index in [0.29, 0.717) is 5.56 Å². The summed E-state index contributed by atoms with van der Waals surface area (Å²) in [5.74, 6) is 0.772. The molecule has 4 nitrogen and oxygen atoms in total. The van der Waals surface area contributed by atoms with Gasteiger partial charge in [-0.1, -0.05) is 12.2 Å². The van der Waals surface area contributed by atoms with Crippen LogP contribution in [0.5, 0.6) is 5.75 Å². The van der Waals surface area contributed by atoms with Crippen LogP contribution in [0.3, 0.4) is 0 Å². The van der Waals surface area contributed by atoms with Crippen molar-refractivity contribution >= 4 is 17.2 Å². The molecular formula is C14H14N2O2S. The quantitative estimate of drug-likeness (QED) is 0.865. The van der Waals surface area contributed by atoms with Gasteiger partial charge in [-0.2, -0.15) is 0 Å². The predicted molar refractivity (Wildman–Crippen MR) is 79.6 cm³/mol. The molecule has 0 bridgehead atoms. The number of ether oxygens (including phenoxy) is 1. The largest absolute Gasteiger partial charge is 0.497 e. The first-order valence-corrected chi connectivity index (χ1v) is 6.09. The minimum Gasteiger partial charge on any atom is -0.497 e. The lowest BCUT2D eigenvalue weighted by Crippen LogP contribution is -2.28. The number of methoxy groups -OCH3 is 1. The molecule has 0 spiro atoms. The first kappa shape index (κ1) is 13.3. The molecule has 0 amide bonds. The molecule has 0 aliphatic carbocycles. The van der Waals surface area contributed by atoms with Gasteiger partial charge in [0.25, 0.3) is 5.56 Å². The van der Waals surface area contributed by atoms with Crippen LogP contribution in [0.1, 0.15) is 5.56 Å². The van der Waals surface area contributed by atoms with E-state index in [1.54, 1.807) is 20.2 Å². The van der Waals surface area contributed by atoms with Gasteiger partial charge in [-0.3, -0.25) is 4.79 Å². The smallest absolute Gasteiger partial charge is 0.261 e. The molecule has 0 aliphatic rings. The molecule has 2 aromatic rings. The Bertz CT molecular complexity index is 675. The molecule has 5 heteroatoms. The van der Waals surface area contributed by atoms with Crippen molar-refractivity contribution < 1.29 is 4.74 Å². The molecule has 98 valence electrons. The Labute approximate surface area is 116 Å². The Hall–Kier alpha value is -2.14. The van der Waals surface area contributed by atoms with Crippen LogP contribution in [0.2, 0.25) is 0 Å². The van der Waals surface area contributed by atoms with Gasteiger partial charge < -0.3 is 15.0 Å². The predicted octanol–water partition coefficient (Wildman–Crippen LogP) is 1.70. The second kappa shape index (κ2) is 5.24. The fourth-order valence-corrected chi connectivity index (χ4v) is 2.03. The summed E-state index contributed by atoms with van der Waals surface area (Å²) in [5, 5.41) is 0. The van der Waals surface area contributed by atoms with Crippen LogP contribution in [0.25, 0.3) is 11.3 Å². The summed E-state index contributed by atoms with van der Waals surface area (Å²) in [6.45, 7) is 0. The minimum atomic E-state index is -0.194. The molecule has 1 aromatic heterocycles. The van der Waals surface area contributed by atoms with Crippen molar-refractivity contribution in [2.24, 2.45) is 12.8 Å². The fourth-order valence-electron chi connectivity index (χ4n) is 1.87. The zero-order chi connectivity index (χ0) is 14.0. The standard InChI is InChI=1S/C14H14N2O2S/c1-16-12(8-7-11(13(15)19)14(16)17)9-3-5-10(18-2)6-4-9/h3-8H,1-2H3,(H2,15,19). The summed E-state index contributed by atoms with van der Waals surface area (Å²) < 4.78 is 6.65. The monoisotopic (exact) mass is 274 g/mol. The number of nitrogens with two attached hydrogens (primary N) is 1. The molecule has 19 heavy (non-hydrogen) atoms. The Morgan fingerprint density at radius 2 is 1.84 bits per heavy atom. The average Bonchev–Trinajstić information content (AvgIpc) is 2.41. The zero-order valence-electron chi connectivity index (χ0n) is 10.7. The third-order valence-electron chi connectivity index (χ3n) is 2.96. The van der Waals surface area contributed by atoms with E-state index in [4.69, 9.17) is 22.7 Å². The molecular weight excluding hydrogens is 260 g/mol. The van der Waals surface area contributed by atoms with E-state index >= 15 is 0 Å². The van der Waals surface area contributed by atoms with Gasteiger partial charge in [-0.25, -0.2) is 0 Å². The first-order chi connectivity index (χ1) is 9.04. The van der Waals surface area contributed by atoms with Gasteiger partial charge in [0.1, 0.15) is 10.7 Å². The van der Waals surface area contributed by atoms with Crippen LogP contribution >= 0.6 is 12.2 Å². The van der Waals surface area contributed by atoms with Crippen LogP contribution in [0.15, 0.2) is 41.2 Å². The summed E-state index contributed by atoms with van der Waals surface area (Å²) in [6, 6.07) is 11.0. The number of aromatic nitrogens is 1. The maximum absolute atomic E-state index is 12.1. The molecule has 0 saturated carbocycles. The van der Waals surface area contributed by atoms with Gasteiger partial charge in [0.15, 0.2) is 0 Å².